The molecule has 1 amide bonds. The molecule has 0 aliphatic carbocycles. The molecular weight excluding hydrogens is 188 g/mol. The van der Waals surface area contributed by atoms with E-state index in [0.717, 1.165) is 11.5 Å². The monoisotopic (exact) mass is 196 g/mol. The topological polar surface area (TPSA) is 78.7 Å². The minimum absolute atomic E-state index is 0.290. The predicted octanol–water partition coefficient (Wildman–Crippen LogP) is 0.488. The average Bonchev–Trinajstić information content (AvgIpc) is 2.51. The summed E-state index contributed by atoms with van der Waals surface area (Å²) in [5.74, 6) is -0.290. The maximum atomic E-state index is 11.4. The van der Waals surface area contributed by atoms with Gasteiger partial charge in [0.2, 0.25) is 0 Å². The normalized spacial score (nSPS) is 11.8. The number of amides is 1. The summed E-state index contributed by atoms with van der Waals surface area (Å²) in [6.45, 7) is 3.32. The Balaban J connectivity index is 2.71. The minimum Gasteiger partial charge on any atom is -0.336 e. The second-order valence-corrected chi connectivity index (χ2v) is 3.27. The fraction of sp³-hybridized carbons (Fsp3) is 0.429. The highest BCUT2D eigenvalue weighted by atomic mass is 32.1. The Hall–Kier alpha value is -1.48. The second kappa shape index (κ2) is 3.96. The number of aromatic nitrogens is 2. The first-order valence-corrected chi connectivity index (χ1v) is 4.42. The molecule has 0 unspecified atom stereocenters. The number of nitrogens with one attached hydrogen (secondary N) is 1. The highest BCUT2D eigenvalue weighted by Gasteiger charge is 2.14. The summed E-state index contributed by atoms with van der Waals surface area (Å²) >= 11 is 1.03. The number of aryl methyl sites for hydroxylation is 1. The van der Waals surface area contributed by atoms with E-state index in [1.807, 2.05) is 6.07 Å². The van der Waals surface area contributed by atoms with Crippen LogP contribution in [0.25, 0.3) is 0 Å². The summed E-state index contributed by atoms with van der Waals surface area (Å²) in [6, 6.07) is 1.42. The summed E-state index contributed by atoms with van der Waals surface area (Å²) in [6.07, 6.45) is 0. The van der Waals surface area contributed by atoms with Crippen molar-refractivity contribution >= 4 is 17.4 Å². The fourth-order valence-electron chi connectivity index (χ4n) is 0.734. The predicted molar refractivity (Wildman–Crippen MR) is 47.2 cm³/mol. The first-order valence-electron chi connectivity index (χ1n) is 3.64. The van der Waals surface area contributed by atoms with Gasteiger partial charge in [0, 0.05) is 0 Å². The number of rotatable bonds is 2. The fourth-order valence-corrected chi connectivity index (χ4v) is 1.29. The first-order chi connectivity index (χ1) is 6.15. The zero-order valence-corrected chi connectivity index (χ0v) is 8.05. The Bertz CT molecular complexity index is 354. The molecule has 1 atom stereocenters. The molecule has 0 fully saturated rings. The molecule has 5 nitrogen and oxygen atoms in total. The average molecular weight is 196 g/mol. The zero-order valence-electron chi connectivity index (χ0n) is 7.24. The van der Waals surface area contributed by atoms with Crippen molar-refractivity contribution in [1.29, 1.82) is 5.26 Å². The van der Waals surface area contributed by atoms with E-state index >= 15 is 0 Å². The molecule has 0 saturated carbocycles. The van der Waals surface area contributed by atoms with E-state index in [1.165, 1.54) is 0 Å². The molecule has 6 heteroatoms. The number of carbonyl (C=O) groups excluding carboxylic acids is 1. The third-order valence-electron chi connectivity index (χ3n) is 1.40. The van der Waals surface area contributed by atoms with Crippen LogP contribution in [0.4, 0.5) is 0 Å². The van der Waals surface area contributed by atoms with Crippen LogP contribution in [0.3, 0.4) is 0 Å². The molecule has 68 valence electrons. The van der Waals surface area contributed by atoms with Crippen molar-refractivity contribution in [1.82, 2.24) is 14.9 Å². The van der Waals surface area contributed by atoms with Gasteiger partial charge in [0.25, 0.3) is 5.91 Å². The largest absolute Gasteiger partial charge is 0.336 e. The van der Waals surface area contributed by atoms with Crippen molar-refractivity contribution in [3.63, 3.8) is 0 Å². The molecule has 0 spiro atoms. The summed E-state index contributed by atoms with van der Waals surface area (Å²) in [7, 11) is 0. The first kappa shape index (κ1) is 9.61. The number of hydrogen-bond donors (Lipinski definition) is 1. The van der Waals surface area contributed by atoms with E-state index in [4.69, 9.17) is 5.26 Å². The van der Waals surface area contributed by atoms with Gasteiger partial charge in [-0.1, -0.05) is 4.49 Å². The Morgan fingerprint density at radius 1 is 1.77 bits per heavy atom. The van der Waals surface area contributed by atoms with Crippen molar-refractivity contribution in [2.75, 3.05) is 0 Å². The molecule has 1 rings (SSSR count). The molecule has 13 heavy (non-hydrogen) atoms. The Kier molecular flexibility index (Phi) is 2.93. The summed E-state index contributed by atoms with van der Waals surface area (Å²) in [5, 5.41) is 14.7. The number of nitrogens with zero attached hydrogens (tertiary/aromatic N) is 3. The van der Waals surface area contributed by atoms with Crippen molar-refractivity contribution < 1.29 is 4.79 Å². The standard InChI is InChI=1S/C7H8N4OS/c1-4(3-8)9-7(12)6-5(2)10-11-13-6/h4H,1-2H3,(H,9,12)/t4-/m0/s1. The van der Waals surface area contributed by atoms with Crippen LogP contribution in [-0.2, 0) is 0 Å². The van der Waals surface area contributed by atoms with E-state index in [-0.39, 0.29) is 5.91 Å². The minimum atomic E-state index is -0.492. The molecule has 0 aliphatic heterocycles. The van der Waals surface area contributed by atoms with Crippen LogP contribution in [0.2, 0.25) is 0 Å². The molecule has 0 radical (unpaired) electrons. The van der Waals surface area contributed by atoms with Crippen molar-refractivity contribution in [2.45, 2.75) is 19.9 Å². The third-order valence-corrected chi connectivity index (χ3v) is 2.23. The van der Waals surface area contributed by atoms with Gasteiger partial charge in [-0.15, -0.1) is 5.10 Å². The molecule has 0 aromatic carbocycles. The van der Waals surface area contributed by atoms with E-state index in [0.29, 0.717) is 10.6 Å². The Morgan fingerprint density at radius 3 is 2.92 bits per heavy atom. The van der Waals surface area contributed by atoms with Crippen LogP contribution in [0, 0.1) is 18.3 Å². The summed E-state index contributed by atoms with van der Waals surface area (Å²) in [4.78, 5) is 11.8. The lowest BCUT2D eigenvalue weighted by atomic mass is 10.3. The lowest BCUT2D eigenvalue weighted by Gasteiger charge is -2.03. The Morgan fingerprint density at radius 2 is 2.46 bits per heavy atom. The number of carbonyl (C=O) groups is 1. The van der Waals surface area contributed by atoms with Gasteiger partial charge in [-0.25, -0.2) is 0 Å². The van der Waals surface area contributed by atoms with E-state index in [2.05, 4.69) is 14.9 Å². The Labute approximate surface area is 79.5 Å². The van der Waals surface area contributed by atoms with Crippen LogP contribution in [-0.4, -0.2) is 21.5 Å². The van der Waals surface area contributed by atoms with E-state index < -0.39 is 6.04 Å². The van der Waals surface area contributed by atoms with Gasteiger partial charge in [-0.05, 0) is 25.4 Å². The highest BCUT2D eigenvalue weighted by molar-refractivity contribution is 7.08. The lowest BCUT2D eigenvalue weighted by Crippen LogP contribution is -2.31. The van der Waals surface area contributed by atoms with Crippen LogP contribution in [0.5, 0.6) is 0 Å². The maximum absolute atomic E-state index is 11.4. The van der Waals surface area contributed by atoms with E-state index in [1.54, 1.807) is 13.8 Å². The van der Waals surface area contributed by atoms with Gasteiger partial charge in [0.1, 0.15) is 10.9 Å². The molecule has 1 heterocycles. The quantitative estimate of drug-likeness (QED) is 0.746. The number of nitriles is 1. The van der Waals surface area contributed by atoms with Gasteiger partial charge in [-0.3, -0.25) is 4.79 Å². The third kappa shape index (κ3) is 2.23. The van der Waals surface area contributed by atoms with Crippen LogP contribution < -0.4 is 5.32 Å². The van der Waals surface area contributed by atoms with Gasteiger partial charge < -0.3 is 5.32 Å². The summed E-state index contributed by atoms with van der Waals surface area (Å²) in [5.41, 5.74) is 0.590. The van der Waals surface area contributed by atoms with Gasteiger partial charge in [0.15, 0.2) is 0 Å². The van der Waals surface area contributed by atoms with Crippen molar-refractivity contribution in [3.8, 4) is 6.07 Å². The molecule has 1 aromatic heterocycles. The van der Waals surface area contributed by atoms with Crippen LogP contribution in [0.1, 0.15) is 22.3 Å². The smallest absolute Gasteiger partial charge is 0.265 e. The zero-order chi connectivity index (χ0) is 9.84. The second-order valence-electron chi connectivity index (χ2n) is 2.51. The molecule has 1 aromatic rings. The van der Waals surface area contributed by atoms with E-state index in [9.17, 15) is 4.79 Å². The van der Waals surface area contributed by atoms with Gasteiger partial charge >= 0.3 is 0 Å². The lowest BCUT2D eigenvalue weighted by molar-refractivity contribution is 0.0951. The van der Waals surface area contributed by atoms with Crippen molar-refractivity contribution in [3.05, 3.63) is 10.6 Å². The van der Waals surface area contributed by atoms with Crippen molar-refractivity contribution in [2.24, 2.45) is 0 Å². The molecule has 0 bridgehead atoms. The maximum Gasteiger partial charge on any atom is 0.265 e. The molecule has 0 aliphatic rings. The summed E-state index contributed by atoms with van der Waals surface area (Å²) < 4.78 is 3.62. The van der Waals surface area contributed by atoms with Gasteiger partial charge in [-0.2, -0.15) is 5.26 Å². The molecule has 0 saturated heterocycles. The number of hydrogen-bond acceptors (Lipinski definition) is 5. The van der Waals surface area contributed by atoms with Crippen LogP contribution in [0.15, 0.2) is 0 Å². The van der Waals surface area contributed by atoms with Gasteiger partial charge in [0.05, 0.1) is 11.8 Å². The van der Waals surface area contributed by atoms with Crippen LogP contribution >= 0.6 is 11.5 Å². The molecular formula is C7H8N4OS. The highest BCUT2D eigenvalue weighted by Crippen LogP contribution is 2.08. The SMILES string of the molecule is Cc1nnsc1C(=O)N[C@@H](C)C#N. The molecule has 1 N–H and O–H groups in total.